The van der Waals surface area contributed by atoms with Gasteiger partial charge in [-0.1, -0.05) is 17.4 Å². The van der Waals surface area contributed by atoms with Crippen LogP contribution in [0.2, 0.25) is 0 Å². The van der Waals surface area contributed by atoms with Crippen LogP contribution in [-0.4, -0.2) is 44.0 Å². The van der Waals surface area contributed by atoms with Gasteiger partial charge in [-0.3, -0.25) is 4.79 Å². The molecule has 2 aromatic carbocycles. The van der Waals surface area contributed by atoms with E-state index in [0.717, 1.165) is 53.0 Å². The number of morpholine rings is 1. The number of nitrogens with zero attached hydrogens (tertiary/aromatic N) is 2. The molecule has 144 valence electrons. The Hall–Kier alpha value is -2.84. The molecule has 28 heavy (non-hydrogen) atoms. The van der Waals surface area contributed by atoms with Crippen LogP contribution in [0.5, 0.6) is 11.5 Å². The van der Waals surface area contributed by atoms with Crippen molar-refractivity contribution in [2.45, 2.75) is 6.54 Å². The third-order valence-electron chi connectivity index (χ3n) is 4.81. The van der Waals surface area contributed by atoms with E-state index in [1.165, 1.54) is 0 Å². The van der Waals surface area contributed by atoms with Crippen LogP contribution in [0.4, 0.5) is 5.13 Å². The Kier molecular flexibility index (Phi) is 4.50. The predicted octanol–water partition coefficient (Wildman–Crippen LogP) is 2.79. The highest BCUT2D eigenvalue weighted by atomic mass is 32.1. The SMILES string of the molecule is O=C(NCc1ccc2c(c1)OCO2)c1ccc2nc(N3CCOCC3)sc2c1. The first-order valence-electron chi connectivity index (χ1n) is 9.16. The average Bonchev–Trinajstić information content (AvgIpc) is 3.38. The number of hydrogen-bond donors (Lipinski definition) is 1. The number of aromatic nitrogens is 1. The molecule has 1 N–H and O–H groups in total. The van der Waals surface area contributed by atoms with Crippen LogP contribution >= 0.6 is 11.3 Å². The minimum Gasteiger partial charge on any atom is -0.454 e. The lowest BCUT2D eigenvalue weighted by Crippen LogP contribution is -2.36. The van der Waals surface area contributed by atoms with Crippen molar-refractivity contribution < 1.29 is 19.0 Å². The maximum atomic E-state index is 12.6. The summed E-state index contributed by atoms with van der Waals surface area (Å²) in [7, 11) is 0. The second kappa shape index (κ2) is 7.29. The minimum atomic E-state index is -0.110. The van der Waals surface area contributed by atoms with Gasteiger partial charge in [0.1, 0.15) is 0 Å². The van der Waals surface area contributed by atoms with E-state index in [1.807, 2.05) is 36.4 Å². The number of ether oxygens (including phenoxy) is 3. The third-order valence-corrected chi connectivity index (χ3v) is 5.89. The topological polar surface area (TPSA) is 72.9 Å². The van der Waals surface area contributed by atoms with Gasteiger partial charge >= 0.3 is 0 Å². The Morgan fingerprint density at radius 2 is 1.96 bits per heavy atom. The fourth-order valence-corrected chi connectivity index (χ4v) is 4.34. The van der Waals surface area contributed by atoms with Crippen molar-refractivity contribution in [2.24, 2.45) is 0 Å². The lowest BCUT2D eigenvalue weighted by molar-refractivity contribution is 0.0951. The summed E-state index contributed by atoms with van der Waals surface area (Å²) >= 11 is 1.61. The largest absolute Gasteiger partial charge is 0.454 e. The van der Waals surface area contributed by atoms with Crippen LogP contribution in [-0.2, 0) is 11.3 Å². The number of fused-ring (bicyclic) bond motifs is 2. The van der Waals surface area contributed by atoms with Crippen molar-refractivity contribution in [1.29, 1.82) is 0 Å². The van der Waals surface area contributed by atoms with Crippen LogP contribution in [0.3, 0.4) is 0 Å². The molecular formula is C20H19N3O4S. The summed E-state index contributed by atoms with van der Waals surface area (Å²) in [5.74, 6) is 1.34. The van der Waals surface area contributed by atoms with Gasteiger partial charge in [0.05, 0.1) is 23.4 Å². The quantitative estimate of drug-likeness (QED) is 0.730. The molecule has 3 aromatic rings. The van der Waals surface area contributed by atoms with E-state index >= 15 is 0 Å². The van der Waals surface area contributed by atoms with Crippen molar-refractivity contribution in [3.8, 4) is 11.5 Å². The van der Waals surface area contributed by atoms with Crippen molar-refractivity contribution >= 4 is 32.6 Å². The highest BCUT2D eigenvalue weighted by Gasteiger charge is 2.17. The first-order chi connectivity index (χ1) is 13.8. The van der Waals surface area contributed by atoms with Gasteiger partial charge in [0.2, 0.25) is 6.79 Å². The van der Waals surface area contributed by atoms with Gasteiger partial charge in [-0.05, 0) is 35.9 Å². The van der Waals surface area contributed by atoms with Crippen LogP contribution in [0, 0.1) is 0 Å². The molecule has 0 unspecified atom stereocenters. The molecule has 0 atom stereocenters. The number of rotatable bonds is 4. The van der Waals surface area contributed by atoms with Gasteiger partial charge < -0.3 is 24.4 Å². The van der Waals surface area contributed by atoms with Crippen molar-refractivity contribution in [1.82, 2.24) is 10.3 Å². The van der Waals surface area contributed by atoms with Crippen LogP contribution in [0.1, 0.15) is 15.9 Å². The second-order valence-electron chi connectivity index (χ2n) is 6.65. The number of carbonyl (C=O) groups excluding carboxylic acids is 1. The maximum Gasteiger partial charge on any atom is 0.251 e. The molecule has 3 heterocycles. The summed E-state index contributed by atoms with van der Waals surface area (Å²) in [5, 5.41) is 3.95. The summed E-state index contributed by atoms with van der Waals surface area (Å²) in [6.45, 7) is 3.82. The van der Waals surface area contributed by atoms with Crippen molar-refractivity contribution in [3.05, 3.63) is 47.5 Å². The Labute approximate surface area is 165 Å². The van der Waals surface area contributed by atoms with Crippen LogP contribution in [0.15, 0.2) is 36.4 Å². The zero-order valence-electron chi connectivity index (χ0n) is 15.1. The van der Waals surface area contributed by atoms with E-state index in [2.05, 4.69) is 10.2 Å². The molecule has 7 nitrogen and oxygen atoms in total. The Bertz CT molecular complexity index is 1030. The molecule has 8 heteroatoms. The molecule has 0 aliphatic carbocycles. The molecule has 5 rings (SSSR count). The Morgan fingerprint density at radius 3 is 2.86 bits per heavy atom. The van der Waals surface area contributed by atoms with Gasteiger partial charge in [-0.2, -0.15) is 0 Å². The Morgan fingerprint density at radius 1 is 1.11 bits per heavy atom. The number of amides is 1. The van der Waals surface area contributed by atoms with Crippen LogP contribution < -0.4 is 19.7 Å². The van der Waals surface area contributed by atoms with E-state index in [9.17, 15) is 4.79 Å². The first kappa shape index (κ1) is 17.3. The molecular weight excluding hydrogens is 378 g/mol. The lowest BCUT2D eigenvalue weighted by Gasteiger charge is -2.25. The van der Waals surface area contributed by atoms with Gasteiger partial charge in [0.25, 0.3) is 5.91 Å². The van der Waals surface area contributed by atoms with Gasteiger partial charge in [-0.15, -0.1) is 0 Å². The molecule has 0 bridgehead atoms. The summed E-state index contributed by atoms with van der Waals surface area (Å²) in [6, 6.07) is 11.3. The molecule has 1 amide bonds. The highest BCUT2D eigenvalue weighted by molar-refractivity contribution is 7.22. The normalized spacial score (nSPS) is 15.8. The zero-order valence-corrected chi connectivity index (χ0v) is 16.0. The zero-order chi connectivity index (χ0) is 18.9. The third kappa shape index (κ3) is 3.36. The summed E-state index contributed by atoms with van der Waals surface area (Å²) < 4.78 is 17.1. The van der Waals surface area contributed by atoms with Crippen molar-refractivity contribution in [3.63, 3.8) is 0 Å². The standard InChI is InChI=1S/C20H19N3O4S/c24-19(21-11-13-1-4-16-17(9-13)27-12-26-16)14-2-3-15-18(10-14)28-20(22-15)23-5-7-25-8-6-23/h1-4,9-10H,5-8,11-12H2,(H,21,24). The van der Waals surface area contributed by atoms with Crippen LogP contribution in [0.25, 0.3) is 10.2 Å². The summed E-state index contributed by atoms with van der Waals surface area (Å²) in [5.41, 5.74) is 2.51. The second-order valence-corrected chi connectivity index (χ2v) is 7.66. The monoisotopic (exact) mass is 397 g/mol. The number of nitrogens with one attached hydrogen (secondary N) is 1. The van der Waals surface area contributed by atoms with Crippen molar-refractivity contribution in [2.75, 3.05) is 38.0 Å². The molecule has 2 aliphatic heterocycles. The molecule has 0 radical (unpaired) electrons. The predicted molar refractivity (Wildman–Crippen MR) is 106 cm³/mol. The van der Waals surface area contributed by atoms with Gasteiger partial charge in [0.15, 0.2) is 16.6 Å². The highest BCUT2D eigenvalue weighted by Crippen LogP contribution is 2.32. The lowest BCUT2D eigenvalue weighted by atomic mass is 10.1. The summed E-state index contributed by atoms with van der Waals surface area (Å²) in [6.07, 6.45) is 0. The fourth-order valence-electron chi connectivity index (χ4n) is 3.28. The number of anilines is 1. The molecule has 1 fully saturated rings. The maximum absolute atomic E-state index is 12.6. The van der Waals surface area contributed by atoms with E-state index in [1.54, 1.807) is 11.3 Å². The molecule has 1 aromatic heterocycles. The number of hydrogen-bond acceptors (Lipinski definition) is 7. The van der Waals surface area contributed by atoms with Gasteiger partial charge in [-0.25, -0.2) is 4.98 Å². The first-order valence-corrected chi connectivity index (χ1v) is 9.98. The van der Waals surface area contributed by atoms with E-state index in [4.69, 9.17) is 19.2 Å². The minimum absolute atomic E-state index is 0.110. The summed E-state index contributed by atoms with van der Waals surface area (Å²) in [4.78, 5) is 19.5. The average molecular weight is 397 g/mol. The van der Waals surface area contributed by atoms with Gasteiger partial charge in [0, 0.05) is 25.2 Å². The Balaban J connectivity index is 1.29. The van der Waals surface area contributed by atoms with E-state index < -0.39 is 0 Å². The van der Waals surface area contributed by atoms with E-state index in [-0.39, 0.29) is 12.7 Å². The fraction of sp³-hybridized carbons (Fsp3) is 0.300. The molecule has 1 saturated heterocycles. The molecule has 0 spiro atoms. The van der Waals surface area contributed by atoms with E-state index in [0.29, 0.717) is 17.9 Å². The number of carbonyl (C=O) groups is 1. The molecule has 2 aliphatic rings. The molecule has 0 saturated carbocycles. The number of benzene rings is 2. The number of thiazole rings is 1. The smallest absolute Gasteiger partial charge is 0.251 e.